The molecule has 0 radical (unpaired) electrons. The van der Waals surface area contributed by atoms with Crippen LogP contribution in [-0.4, -0.2) is 12.2 Å². The van der Waals surface area contributed by atoms with Crippen molar-refractivity contribution in [3.05, 3.63) is 37.0 Å². The van der Waals surface area contributed by atoms with E-state index in [9.17, 15) is 4.79 Å². The highest BCUT2D eigenvalue weighted by Crippen LogP contribution is 2.04. The minimum Gasteiger partial charge on any atom is -0.303 e. The van der Waals surface area contributed by atoms with Crippen LogP contribution in [0, 0.1) is 0 Å². The molecule has 0 aliphatic rings. The minimum absolute atomic E-state index is 0.652. The number of allylic oxidation sites excluding steroid dienone is 3. The maximum Gasteiger partial charge on any atom is 0.216 e. The summed E-state index contributed by atoms with van der Waals surface area (Å²) < 4.78 is 2.48. The van der Waals surface area contributed by atoms with Crippen LogP contribution >= 0.6 is 11.9 Å². The van der Waals surface area contributed by atoms with Gasteiger partial charge in [-0.3, -0.25) is 4.79 Å². The van der Waals surface area contributed by atoms with Gasteiger partial charge in [-0.2, -0.15) is 0 Å². The van der Waals surface area contributed by atoms with Crippen LogP contribution in [0.25, 0.3) is 0 Å². The second-order valence-corrected chi connectivity index (χ2v) is 2.52. The number of rotatable bonds is 6. The van der Waals surface area contributed by atoms with E-state index < -0.39 is 0 Å². The van der Waals surface area contributed by atoms with Crippen molar-refractivity contribution in [3.8, 4) is 0 Å². The van der Waals surface area contributed by atoms with Crippen molar-refractivity contribution in [1.82, 2.24) is 4.72 Å². The van der Waals surface area contributed by atoms with E-state index in [1.54, 1.807) is 12.2 Å². The largest absolute Gasteiger partial charge is 0.303 e. The van der Waals surface area contributed by atoms with Gasteiger partial charge in [0.2, 0.25) is 6.41 Å². The lowest BCUT2D eigenvalue weighted by Crippen LogP contribution is -2.00. The van der Waals surface area contributed by atoms with E-state index in [1.165, 1.54) is 11.9 Å². The molecule has 0 heterocycles. The molecule has 0 spiro atoms. The Morgan fingerprint density at radius 2 is 2.27 bits per heavy atom. The van der Waals surface area contributed by atoms with Crippen LogP contribution in [0.1, 0.15) is 0 Å². The molecule has 0 aromatic heterocycles. The standard InChI is InChI=1S/C8H11NOS/c1-3-5-8(4-2)6-11-9-7-10/h3-5,7H,1-2,6H2,(H,9,10)/b8-5+. The van der Waals surface area contributed by atoms with Crippen LogP contribution in [0.5, 0.6) is 0 Å². The molecule has 2 nitrogen and oxygen atoms in total. The van der Waals surface area contributed by atoms with Crippen LogP contribution in [0.15, 0.2) is 37.0 Å². The Balaban J connectivity index is 3.69. The Morgan fingerprint density at radius 3 is 2.73 bits per heavy atom. The summed E-state index contributed by atoms with van der Waals surface area (Å²) in [5.74, 6) is 0.717. The molecule has 0 saturated carbocycles. The highest BCUT2D eigenvalue weighted by atomic mass is 32.2. The SMILES string of the molecule is C=C/C=C(\C=C)CSNC=O. The van der Waals surface area contributed by atoms with Crippen LogP contribution in [0.3, 0.4) is 0 Å². The van der Waals surface area contributed by atoms with Crippen molar-refractivity contribution in [3.63, 3.8) is 0 Å². The van der Waals surface area contributed by atoms with Crippen molar-refractivity contribution in [2.45, 2.75) is 0 Å². The van der Waals surface area contributed by atoms with Gasteiger partial charge < -0.3 is 4.72 Å². The van der Waals surface area contributed by atoms with Crippen molar-refractivity contribution < 1.29 is 4.79 Å². The summed E-state index contributed by atoms with van der Waals surface area (Å²) in [5.41, 5.74) is 1.04. The molecular weight excluding hydrogens is 158 g/mol. The number of nitrogens with one attached hydrogen (secondary N) is 1. The van der Waals surface area contributed by atoms with Gasteiger partial charge in [-0.25, -0.2) is 0 Å². The molecule has 1 amide bonds. The number of hydrogen-bond acceptors (Lipinski definition) is 2. The highest BCUT2D eigenvalue weighted by Gasteiger charge is 1.89. The fourth-order valence-electron chi connectivity index (χ4n) is 0.485. The van der Waals surface area contributed by atoms with E-state index in [0.29, 0.717) is 12.2 Å². The van der Waals surface area contributed by atoms with Crippen LogP contribution in [0.2, 0.25) is 0 Å². The summed E-state index contributed by atoms with van der Waals surface area (Å²) in [6, 6.07) is 0. The van der Waals surface area contributed by atoms with Crippen molar-refractivity contribution in [2.24, 2.45) is 0 Å². The molecule has 0 unspecified atom stereocenters. The van der Waals surface area contributed by atoms with Gasteiger partial charge in [0, 0.05) is 5.75 Å². The highest BCUT2D eigenvalue weighted by molar-refractivity contribution is 7.98. The molecule has 0 bridgehead atoms. The van der Waals surface area contributed by atoms with Gasteiger partial charge in [0.05, 0.1) is 0 Å². The quantitative estimate of drug-likeness (QED) is 0.284. The molecule has 1 N–H and O–H groups in total. The Hall–Kier alpha value is -0.960. The number of carbonyl (C=O) groups excluding carboxylic acids is 1. The minimum atomic E-state index is 0.652. The van der Waals surface area contributed by atoms with E-state index in [0.717, 1.165) is 5.57 Å². The number of hydrogen-bond donors (Lipinski definition) is 1. The summed E-state index contributed by atoms with van der Waals surface area (Å²) in [4.78, 5) is 9.84. The first-order valence-corrected chi connectivity index (χ1v) is 4.08. The Morgan fingerprint density at radius 1 is 1.55 bits per heavy atom. The molecule has 3 heteroatoms. The van der Waals surface area contributed by atoms with Gasteiger partial charge in [-0.1, -0.05) is 31.4 Å². The maximum atomic E-state index is 9.84. The Labute approximate surface area is 71.2 Å². The molecule has 60 valence electrons. The molecule has 0 aliphatic carbocycles. The van der Waals surface area contributed by atoms with Gasteiger partial charge in [0.15, 0.2) is 0 Å². The van der Waals surface area contributed by atoms with Crippen molar-refractivity contribution >= 4 is 18.4 Å². The van der Waals surface area contributed by atoms with E-state index in [4.69, 9.17) is 0 Å². The third-order valence-electron chi connectivity index (χ3n) is 0.964. The molecule has 0 atom stereocenters. The molecule has 0 aromatic carbocycles. The lowest BCUT2D eigenvalue weighted by atomic mass is 10.3. The maximum absolute atomic E-state index is 9.84. The second-order valence-electron chi connectivity index (χ2n) is 1.71. The first kappa shape index (κ1) is 10.0. The predicted molar refractivity (Wildman–Crippen MR) is 50.1 cm³/mol. The van der Waals surface area contributed by atoms with Gasteiger partial charge >= 0.3 is 0 Å². The smallest absolute Gasteiger partial charge is 0.216 e. The monoisotopic (exact) mass is 169 g/mol. The summed E-state index contributed by atoms with van der Waals surface area (Å²) >= 11 is 1.32. The van der Waals surface area contributed by atoms with Gasteiger partial charge in [-0.05, 0) is 17.5 Å². The van der Waals surface area contributed by atoms with E-state index in [1.807, 2.05) is 6.08 Å². The van der Waals surface area contributed by atoms with Crippen LogP contribution in [-0.2, 0) is 4.79 Å². The molecule has 0 rings (SSSR count). The molecule has 11 heavy (non-hydrogen) atoms. The zero-order valence-corrected chi connectivity index (χ0v) is 7.06. The topological polar surface area (TPSA) is 29.1 Å². The first-order valence-electron chi connectivity index (χ1n) is 3.10. The van der Waals surface area contributed by atoms with Gasteiger partial charge in [0.25, 0.3) is 0 Å². The molecule has 0 fully saturated rings. The fourth-order valence-corrected chi connectivity index (χ4v) is 1.02. The summed E-state index contributed by atoms with van der Waals surface area (Å²) in [6.45, 7) is 7.17. The zero-order chi connectivity index (χ0) is 8.53. The Kier molecular flexibility index (Phi) is 6.53. The summed E-state index contributed by atoms with van der Waals surface area (Å²) in [7, 11) is 0. The summed E-state index contributed by atoms with van der Waals surface area (Å²) in [5, 5.41) is 0. The zero-order valence-electron chi connectivity index (χ0n) is 6.25. The first-order chi connectivity index (χ1) is 5.35. The van der Waals surface area contributed by atoms with Crippen LogP contribution in [0.4, 0.5) is 0 Å². The van der Waals surface area contributed by atoms with Crippen molar-refractivity contribution in [1.29, 1.82) is 0 Å². The molecule has 0 saturated heterocycles. The Bertz CT molecular complexity index is 175. The molecular formula is C8H11NOS. The average molecular weight is 169 g/mol. The third kappa shape index (κ3) is 5.48. The van der Waals surface area contributed by atoms with E-state index >= 15 is 0 Å². The third-order valence-corrected chi connectivity index (χ3v) is 1.70. The predicted octanol–water partition coefficient (Wildman–Crippen LogP) is 1.68. The molecule has 0 aromatic rings. The van der Waals surface area contributed by atoms with Gasteiger partial charge in [0.1, 0.15) is 0 Å². The molecule has 0 aliphatic heterocycles. The van der Waals surface area contributed by atoms with E-state index in [2.05, 4.69) is 17.9 Å². The van der Waals surface area contributed by atoms with Crippen molar-refractivity contribution in [2.75, 3.05) is 5.75 Å². The average Bonchev–Trinajstić information content (AvgIpc) is 2.03. The summed E-state index contributed by atoms with van der Waals surface area (Å²) in [6.07, 6.45) is 5.94. The number of carbonyl (C=O) groups is 1. The van der Waals surface area contributed by atoms with E-state index in [-0.39, 0.29) is 0 Å². The lowest BCUT2D eigenvalue weighted by Gasteiger charge is -1.97. The van der Waals surface area contributed by atoms with Gasteiger partial charge in [-0.15, -0.1) is 0 Å². The lowest BCUT2D eigenvalue weighted by molar-refractivity contribution is -0.107. The fraction of sp³-hybridized carbons (Fsp3) is 0.125. The van der Waals surface area contributed by atoms with Crippen LogP contribution < -0.4 is 4.72 Å². The second kappa shape index (κ2) is 7.15. The normalized spacial score (nSPS) is 10.4. The number of amides is 1.